The number of aryl methyl sites for hydroxylation is 3. The fourth-order valence-electron chi connectivity index (χ4n) is 4.18. The van der Waals surface area contributed by atoms with Gasteiger partial charge in [-0.2, -0.15) is 0 Å². The van der Waals surface area contributed by atoms with Crippen molar-refractivity contribution < 1.29 is 5.11 Å². The Morgan fingerprint density at radius 2 is 1.97 bits per heavy atom. The molecule has 1 fully saturated rings. The third-order valence-corrected chi connectivity index (χ3v) is 6.97. The van der Waals surface area contributed by atoms with Crippen LogP contribution in [-0.4, -0.2) is 60.7 Å². The second-order valence-corrected chi connectivity index (χ2v) is 8.89. The highest BCUT2D eigenvalue weighted by Gasteiger charge is 2.21. The van der Waals surface area contributed by atoms with Gasteiger partial charge in [0.05, 0.1) is 16.4 Å². The lowest BCUT2D eigenvalue weighted by Gasteiger charge is -2.37. The number of piperazine rings is 1. The van der Waals surface area contributed by atoms with Crippen LogP contribution in [-0.2, 0) is 19.3 Å². The minimum Gasteiger partial charge on any atom is -0.506 e. The van der Waals surface area contributed by atoms with Crippen LogP contribution >= 0.6 is 11.3 Å². The number of guanidine groups is 1. The first kappa shape index (κ1) is 20.0. The zero-order valence-corrected chi connectivity index (χ0v) is 18.0. The van der Waals surface area contributed by atoms with Gasteiger partial charge in [-0.15, -0.1) is 11.3 Å². The summed E-state index contributed by atoms with van der Waals surface area (Å²) >= 11 is 1.92. The van der Waals surface area contributed by atoms with E-state index in [2.05, 4.69) is 20.1 Å². The first-order valence-electron chi connectivity index (χ1n) is 10.7. The van der Waals surface area contributed by atoms with Gasteiger partial charge in [0.1, 0.15) is 5.75 Å². The molecule has 1 aromatic heterocycles. The van der Waals surface area contributed by atoms with Gasteiger partial charge in [0.25, 0.3) is 0 Å². The average molecular weight is 414 g/mol. The van der Waals surface area contributed by atoms with Crippen LogP contribution in [0.4, 0.5) is 5.69 Å². The Morgan fingerprint density at radius 1 is 1.17 bits per heavy atom. The number of benzene rings is 1. The Morgan fingerprint density at radius 3 is 2.72 bits per heavy atom. The summed E-state index contributed by atoms with van der Waals surface area (Å²) in [6, 6.07) is 7.57. The van der Waals surface area contributed by atoms with E-state index in [-0.39, 0.29) is 0 Å². The number of anilines is 1. The Labute approximate surface area is 177 Å². The predicted molar refractivity (Wildman–Crippen MR) is 120 cm³/mol. The van der Waals surface area contributed by atoms with Gasteiger partial charge >= 0.3 is 0 Å². The summed E-state index contributed by atoms with van der Waals surface area (Å²) in [6.07, 6.45) is 7.13. The van der Waals surface area contributed by atoms with E-state index in [1.807, 2.05) is 36.6 Å². The molecule has 0 unspecified atom stereocenters. The van der Waals surface area contributed by atoms with Gasteiger partial charge in [-0.1, -0.05) is 12.1 Å². The highest BCUT2D eigenvalue weighted by atomic mass is 32.1. The number of phenols is 1. The molecule has 7 heteroatoms. The number of phenolic OH excluding ortho intramolecular Hbond substituents is 1. The SMILES string of the molecule is CN=C(NCCCc1nc2c(s1)CCCC2)N1CCN(c2ccccc2O)CC1. The predicted octanol–water partition coefficient (Wildman–Crippen LogP) is 3.06. The number of thiazole rings is 1. The first-order chi connectivity index (χ1) is 14.2. The van der Waals surface area contributed by atoms with Crippen molar-refractivity contribution in [3.05, 3.63) is 39.8 Å². The fourth-order valence-corrected chi connectivity index (χ4v) is 5.37. The van der Waals surface area contributed by atoms with E-state index >= 15 is 0 Å². The van der Waals surface area contributed by atoms with Crippen molar-refractivity contribution in [3.63, 3.8) is 0 Å². The third kappa shape index (κ3) is 4.83. The van der Waals surface area contributed by atoms with Gasteiger partial charge in [0, 0.05) is 51.1 Å². The van der Waals surface area contributed by atoms with Crippen LogP contribution in [0.5, 0.6) is 5.75 Å². The summed E-state index contributed by atoms with van der Waals surface area (Å²) in [4.78, 5) is 15.4. The Kier molecular flexibility index (Phi) is 6.54. The largest absolute Gasteiger partial charge is 0.506 e. The minimum absolute atomic E-state index is 0.354. The van der Waals surface area contributed by atoms with Crippen LogP contribution in [0, 0.1) is 0 Å². The zero-order valence-electron chi connectivity index (χ0n) is 17.2. The number of aromatic nitrogens is 1. The number of hydrogen-bond acceptors (Lipinski definition) is 5. The van der Waals surface area contributed by atoms with E-state index in [1.165, 1.54) is 41.3 Å². The number of fused-ring (bicyclic) bond motifs is 1. The molecule has 6 nitrogen and oxygen atoms in total. The lowest BCUT2D eigenvalue weighted by atomic mass is 10.0. The van der Waals surface area contributed by atoms with Crippen LogP contribution in [0.2, 0.25) is 0 Å². The molecule has 0 radical (unpaired) electrons. The molecule has 2 aliphatic rings. The molecular weight excluding hydrogens is 382 g/mol. The van der Waals surface area contributed by atoms with Crippen LogP contribution in [0.25, 0.3) is 0 Å². The number of nitrogens with zero attached hydrogens (tertiary/aromatic N) is 4. The smallest absolute Gasteiger partial charge is 0.193 e. The molecule has 1 saturated heterocycles. The molecule has 2 heterocycles. The van der Waals surface area contributed by atoms with E-state index < -0.39 is 0 Å². The van der Waals surface area contributed by atoms with Crippen molar-refractivity contribution >= 4 is 23.0 Å². The molecule has 0 atom stereocenters. The topological polar surface area (TPSA) is 64.0 Å². The van der Waals surface area contributed by atoms with Gasteiger partial charge in [-0.25, -0.2) is 4.98 Å². The zero-order chi connectivity index (χ0) is 20.1. The van der Waals surface area contributed by atoms with Crippen LogP contribution < -0.4 is 10.2 Å². The summed E-state index contributed by atoms with van der Waals surface area (Å²) in [6.45, 7) is 4.46. The van der Waals surface area contributed by atoms with Gasteiger partial charge < -0.3 is 20.2 Å². The van der Waals surface area contributed by atoms with Crippen molar-refractivity contribution in [2.75, 3.05) is 44.7 Å². The van der Waals surface area contributed by atoms with E-state index in [0.717, 1.165) is 57.2 Å². The number of hydrogen-bond donors (Lipinski definition) is 2. The summed E-state index contributed by atoms with van der Waals surface area (Å²) < 4.78 is 0. The molecule has 0 amide bonds. The number of aliphatic imine (C=N–C) groups is 1. The summed E-state index contributed by atoms with van der Waals surface area (Å²) in [5.74, 6) is 1.33. The number of para-hydroxylation sites is 2. The van der Waals surface area contributed by atoms with Crippen molar-refractivity contribution in [1.82, 2.24) is 15.2 Å². The quantitative estimate of drug-likeness (QED) is 0.448. The van der Waals surface area contributed by atoms with Crippen molar-refractivity contribution in [1.29, 1.82) is 0 Å². The standard InChI is InChI=1S/C22H31N5OS/c1-23-22(24-12-6-11-21-25-17-7-2-5-10-20(17)29-21)27-15-13-26(14-16-27)18-8-3-4-9-19(18)28/h3-4,8-9,28H,2,5-7,10-16H2,1H3,(H,23,24). The Balaban J connectivity index is 1.22. The molecule has 1 aliphatic carbocycles. The van der Waals surface area contributed by atoms with Crippen molar-refractivity contribution in [2.45, 2.75) is 38.5 Å². The highest BCUT2D eigenvalue weighted by Crippen LogP contribution is 2.28. The second-order valence-electron chi connectivity index (χ2n) is 7.72. The maximum atomic E-state index is 10.1. The van der Waals surface area contributed by atoms with Gasteiger partial charge in [-0.3, -0.25) is 4.99 Å². The van der Waals surface area contributed by atoms with Crippen molar-refractivity contribution in [2.24, 2.45) is 4.99 Å². The summed E-state index contributed by atoms with van der Waals surface area (Å²) in [5.41, 5.74) is 2.28. The number of rotatable bonds is 5. The summed E-state index contributed by atoms with van der Waals surface area (Å²) in [5, 5.41) is 14.9. The fraction of sp³-hybridized carbons (Fsp3) is 0.545. The van der Waals surface area contributed by atoms with Gasteiger partial charge in [0.15, 0.2) is 5.96 Å². The number of aromatic hydroxyl groups is 1. The van der Waals surface area contributed by atoms with Gasteiger partial charge in [0.2, 0.25) is 0 Å². The molecular formula is C22H31N5OS. The maximum Gasteiger partial charge on any atom is 0.193 e. The van der Waals surface area contributed by atoms with Crippen LogP contribution in [0.15, 0.2) is 29.3 Å². The van der Waals surface area contributed by atoms with E-state index in [0.29, 0.717) is 5.75 Å². The molecule has 2 aromatic rings. The first-order valence-corrected chi connectivity index (χ1v) is 11.5. The lowest BCUT2D eigenvalue weighted by Crippen LogP contribution is -2.52. The van der Waals surface area contributed by atoms with Crippen molar-refractivity contribution in [3.8, 4) is 5.75 Å². The average Bonchev–Trinajstić information content (AvgIpc) is 3.17. The molecule has 0 spiro atoms. The monoisotopic (exact) mass is 413 g/mol. The van der Waals surface area contributed by atoms with E-state index in [4.69, 9.17) is 4.98 Å². The Hall–Kier alpha value is -2.28. The molecule has 4 rings (SSSR count). The Bertz CT molecular complexity index is 818. The molecule has 29 heavy (non-hydrogen) atoms. The van der Waals surface area contributed by atoms with E-state index in [9.17, 15) is 5.11 Å². The molecule has 2 N–H and O–H groups in total. The number of nitrogens with one attached hydrogen (secondary N) is 1. The summed E-state index contributed by atoms with van der Waals surface area (Å²) in [7, 11) is 1.85. The molecule has 0 bridgehead atoms. The van der Waals surface area contributed by atoms with Crippen LogP contribution in [0.1, 0.15) is 34.8 Å². The van der Waals surface area contributed by atoms with E-state index in [1.54, 1.807) is 6.07 Å². The highest BCUT2D eigenvalue weighted by molar-refractivity contribution is 7.11. The molecule has 156 valence electrons. The maximum absolute atomic E-state index is 10.1. The molecule has 1 aliphatic heterocycles. The molecule has 1 aromatic carbocycles. The van der Waals surface area contributed by atoms with Gasteiger partial charge in [-0.05, 0) is 44.2 Å². The normalized spacial score (nSPS) is 17.3. The van der Waals surface area contributed by atoms with Crippen LogP contribution in [0.3, 0.4) is 0 Å². The second kappa shape index (κ2) is 9.48. The molecule has 0 saturated carbocycles. The minimum atomic E-state index is 0.354. The third-order valence-electron chi connectivity index (χ3n) is 5.75. The lowest BCUT2D eigenvalue weighted by molar-refractivity contribution is 0.369.